The highest BCUT2D eigenvalue weighted by Gasteiger charge is 2.32. The van der Waals surface area contributed by atoms with Crippen molar-refractivity contribution in [1.29, 1.82) is 0 Å². The summed E-state index contributed by atoms with van der Waals surface area (Å²) in [6.45, 7) is 1.87. The van der Waals surface area contributed by atoms with Gasteiger partial charge in [0.25, 0.3) is 0 Å². The van der Waals surface area contributed by atoms with Gasteiger partial charge in [0.1, 0.15) is 18.1 Å². The normalized spacial score (nSPS) is 21.3. The maximum absolute atomic E-state index is 13.5. The Morgan fingerprint density at radius 1 is 0.923 bits per heavy atom. The number of rotatable bonds is 13. The predicted molar refractivity (Wildman–Crippen MR) is 185 cm³/mol. The van der Waals surface area contributed by atoms with Gasteiger partial charge in [-0.2, -0.15) is 0 Å². The number of carbonyl (C=O) groups excluding carboxylic acids is 6. The molecule has 0 aliphatic carbocycles. The molecule has 5 atom stereocenters. The van der Waals surface area contributed by atoms with Gasteiger partial charge in [-0.15, -0.1) is 0 Å². The molecule has 1 saturated heterocycles. The molecule has 4 unspecified atom stereocenters. The van der Waals surface area contributed by atoms with E-state index in [1.165, 1.54) is 0 Å². The molecule has 1 aromatic carbocycles. The van der Waals surface area contributed by atoms with Gasteiger partial charge in [-0.05, 0) is 30.7 Å². The number of carbonyl (C=O) groups is 8. The summed E-state index contributed by atoms with van der Waals surface area (Å²) in [5, 5.41) is 36.5. The summed E-state index contributed by atoms with van der Waals surface area (Å²) >= 11 is 0. The van der Waals surface area contributed by atoms with Crippen LogP contribution in [0, 0.1) is 5.92 Å². The Morgan fingerprint density at radius 2 is 1.63 bits per heavy atom. The molecular weight excluding hydrogens is 684 g/mol. The van der Waals surface area contributed by atoms with Gasteiger partial charge in [0.2, 0.25) is 35.4 Å². The zero-order valence-electron chi connectivity index (χ0n) is 28.8. The summed E-state index contributed by atoms with van der Waals surface area (Å²) in [6, 6.07) is 3.01. The van der Waals surface area contributed by atoms with E-state index in [9.17, 15) is 48.6 Å². The van der Waals surface area contributed by atoms with Crippen molar-refractivity contribution < 1.29 is 48.6 Å². The zero-order chi connectivity index (χ0) is 38.6. The topological polar surface area (TPSA) is 326 Å². The highest BCUT2D eigenvalue weighted by molar-refractivity contribution is 5.97. The lowest BCUT2D eigenvalue weighted by molar-refractivity contribution is -0.141. The number of guanidine groups is 1. The van der Waals surface area contributed by atoms with E-state index in [0.29, 0.717) is 12.0 Å². The number of benzene rings is 1. The molecule has 20 heteroatoms. The van der Waals surface area contributed by atoms with Gasteiger partial charge in [0.15, 0.2) is 5.96 Å². The predicted octanol–water partition coefficient (Wildman–Crippen LogP) is -3.62. The van der Waals surface area contributed by atoms with Crippen LogP contribution in [0.25, 0.3) is 0 Å². The summed E-state index contributed by atoms with van der Waals surface area (Å²) < 4.78 is 0. The number of aliphatic imine (C=N–C) groups is 1. The van der Waals surface area contributed by atoms with Gasteiger partial charge in [-0.3, -0.25) is 43.3 Å². The van der Waals surface area contributed by atoms with E-state index in [0.717, 1.165) is 0 Å². The van der Waals surface area contributed by atoms with Gasteiger partial charge in [0, 0.05) is 32.6 Å². The van der Waals surface area contributed by atoms with Gasteiger partial charge in [-0.25, -0.2) is 0 Å². The number of nitrogens with one attached hydrogen (secondary N) is 7. The van der Waals surface area contributed by atoms with E-state index in [1.54, 1.807) is 37.3 Å². The third-order valence-corrected chi connectivity index (χ3v) is 7.69. The SMILES string of the molecule is C[C@@H]1CNC(=O)CCC(C(=O)NC(CC(=O)O)C(=O)NCc2ccccc2)NC(=O)C(CC(=O)O)NC(=O)CNC(=O)C(CCCN=C(N)N)NC1. The first kappa shape index (κ1) is 42.4. The minimum atomic E-state index is -1.73. The Labute approximate surface area is 299 Å². The number of nitrogens with two attached hydrogens (primary N) is 2. The molecule has 0 aromatic heterocycles. The van der Waals surface area contributed by atoms with E-state index >= 15 is 0 Å². The molecule has 2 rings (SSSR count). The monoisotopic (exact) mass is 732 g/mol. The van der Waals surface area contributed by atoms with Crippen LogP contribution in [0.4, 0.5) is 0 Å². The second kappa shape index (κ2) is 22.1. The third-order valence-electron chi connectivity index (χ3n) is 7.69. The fourth-order valence-corrected chi connectivity index (χ4v) is 4.92. The van der Waals surface area contributed by atoms with Crippen LogP contribution in [-0.2, 0) is 44.9 Å². The molecule has 13 N–H and O–H groups in total. The molecule has 0 radical (unpaired) electrons. The lowest BCUT2D eigenvalue weighted by Crippen LogP contribution is -2.58. The van der Waals surface area contributed by atoms with Crippen LogP contribution >= 0.6 is 0 Å². The van der Waals surface area contributed by atoms with Crippen molar-refractivity contribution in [3.05, 3.63) is 35.9 Å². The first-order valence-corrected chi connectivity index (χ1v) is 16.6. The summed E-state index contributed by atoms with van der Waals surface area (Å²) in [6.07, 6.45) is -1.72. The zero-order valence-corrected chi connectivity index (χ0v) is 28.8. The highest BCUT2D eigenvalue weighted by atomic mass is 16.4. The van der Waals surface area contributed by atoms with Gasteiger partial charge < -0.3 is 58.9 Å². The average molecular weight is 733 g/mol. The van der Waals surface area contributed by atoms with Crippen molar-refractivity contribution in [3.63, 3.8) is 0 Å². The summed E-state index contributed by atoms with van der Waals surface area (Å²) in [7, 11) is 0. The number of aliphatic carboxylic acids is 2. The summed E-state index contributed by atoms with van der Waals surface area (Å²) in [5.41, 5.74) is 11.4. The van der Waals surface area contributed by atoms with Crippen molar-refractivity contribution in [2.75, 3.05) is 26.2 Å². The smallest absolute Gasteiger partial charge is 0.305 e. The highest BCUT2D eigenvalue weighted by Crippen LogP contribution is 2.06. The van der Waals surface area contributed by atoms with Crippen molar-refractivity contribution >= 4 is 53.3 Å². The Hall–Kier alpha value is -5.79. The number of amides is 6. The number of hydrogen-bond donors (Lipinski definition) is 11. The summed E-state index contributed by atoms with van der Waals surface area (Å²) in [5.74, 6) is -8.20. The Bertz CT molecular complexity index is 1450. The molecular formula is C32H48N10O10. The standard InChI is InChI=1S/C32H48N10O10/c1-18-14-36-20(8-5-11-35-32(33)34)28(49)39-17-25(44)40-23(13-27(47)48)31(52)41-21(9-10-24(43)37-15-18)30(51)42-22(12-26(45)46)29(50)38-16-19-6-3-2-4-7-19/h2-4,6-7,18,20-23,36H,5,8-17H2,1H3,(H,37,43)(H,38,50)(H,39,49)(H,40,44)(H,41,52)(H,42,51)(H,45,46)(H,47,48)(H4,33,34,35)/t18-,20?,21?,22?,23?/m0/s1. The van der Waals surface area contributed by atoms with Crippen LogP contribution in [0.15, 0.2) is 35.3 Å². The van der Waals surface area contributed by atoms with Crippen LogP contribution in [0.2, 0.25) is 0 Å². The van der Waals surface area contributed by atoms with Gasteiger partial charge in [0.05, 0.1) is 25.4 Å². The van der Waals surface area contributed by atoms with E-state index in [1.807, 2.05) is 0 Å². The van der Waals surface area contributed by atoms with E-state index in [-0.39, 0.29) is 57.3 Å². The van der Waals surface area contributed by atoms with Crippen molar-refractivity contribution in [2.24, 2.45) is 22.4 Å². The second-order valence-electron chi connectivity index (χ2n) is 12.2. The molecule has 6 amide bonds. The van der Waals surface area contributed by atoms with E-state index in [2.05, 4.69) is 42.2 Å². The van der Waals surface area contributed by atoms with Crippen molar-refractivity contribution in [1.82, 2.24) is 37.2 Å². The van der Waals surface area contributed by atoms with Crippen LogP contribution in [0.1, 0.15) is 51.0 Å². The Morgan fingerprint density at radius 3 is 2.29 bits per heavy atom. The second-order valence-corrected chi connectivity index (χ2v) is 12.2. The molecule has 1 fully saturated rings. The molecule has 20 nitrogen and oxygen atoms in total. The fourth-order valence-electron chi connectivity index (χ4n) is 4.92. The van der Waals surface area contributed by atoms with E-state index < -0.39 is 90.9 Å². The maximum Gasteiger partial charge on any atom is 0.305 e. The van der Waals surface area contributed by atoms with Crippen molar-refractivity contribution in [3.8, 4) is 0 Å². The first-order valence-electron chi connectivity index (χ1n) is 16.6. The minimum absolute atomic E-state index is 0.0248. The molecule has 0 bridgehead atoms. The Kier molecular flexibility index (Phi) is 18.0. The Balaban J connectivity index is 2.27. The molecule has 0 spiro atoms. The fraction of sp³-hybridized carbons (Fsp3) is 0.531. The molecule has 1 aliphatic heterocycles. The molecule has 1 heterocycles. The molecule has 0 saturated carbocycles. The molecule has 286 valence electrons. The number of hydrogen-bond acceptors (Lipinski definition) is 10. The number of carboxylic acid groups (broad SMARTS) is 2. The van der Waals surface area contributed by atoms with Gasteiger partial charge in [-0.1, -0.05) is 37.3 Å². The lowest BCUT2D eigenvalue weighted by atomic mass is 10.1. The maximum atomic E-state index is 13.5. The quantitative estimate of drug-likeness (QED) is 0.0531. The molecule has 1 aliphatic rings. The van der Waals surface area contributed by atoms with E-state index in [4.69, 9.17) is 11.5 Å². The van der Waals surface area contributed by atoms with Crippen LogP contribution < -0.4 is 48.7 Å². The summed E-state index contributed by atoms with van der Waals surface area (Å²) in [4.78, 5) is 105. The largest absolute Gasteiger partial charge is 0.481 e. The third kappa shape index (κ3) is 16.7. The first-order chi connectivity index (χ1) is 24.6. The lowest BCUT2D eigenvalue weighted by Gasteiger charge is -2.25. The van der Waals surface area contributed by atoms with Crippen molar-refractivity contribution in [2.45, 2.75) is 76.2 Å². The van der Waals surface area contributed by atoms with Gasteiger partial charge >= 0.3 is 11.9 Å². The number of carboxylic acids is 2. The molecule has 1 aromatic rings. The van der Waals surface area contributed by atoms with Crippen LogP contribution in [-0.4, -0.2) is 114 Å². The average Bonchev–Trinajstić information content (AvgIpc) is 3.08. The molecule has 52 heavy (non-hydrogen) atoms. The van der Waals surface area contributed by atoms with Crippen LogP contribution in [0.5, 0.6) is 0 Å². The van der Waals surface area contributed by atoms with Crippen LogP contribution in [0.3, 0.4) is 0 Å². The number of nitrogens with zero attached hydrogens (tertiary/aromatic N) is 1. The minimum Gasteiger partial charge on any atom is -0.481 e.